The van der Waals surface area contributed by atoms with Gasteiger partial charge in [0.1, 0.15) is 0 Å². The number of para-hydroxylation sites is 1. The van der Waals surface area contributed by atoms with Gasteiger partial charge < -0.3 is 5.32 Å². The number of fused-ring (bicyclic) bond motifs is 1. The van der Waals surface area contributed by atoms with Gasteiger partial charge >= 0.3 is 0 Å². The first-order chi connectivity index (χ1) is 14.6. The van der Waals surface area contributed by atoms with E-state index in [1.54, 1.807) is 12.1 Å². The maximum Gasteiger partial charge on any atom is 0.252 e. The number of carbonyl (C=O) groups excluding carboxylic acids is 1. The van der Waals surface area contributed by atoms with E-state index in [0.717, 1.165) is 34.1 Å². The lowest BCUT2D eigenvalue weighted by molar-refractivity contribution is 0.0937. The molecule has 3 aromatic carbocycles. The summed E-state index contributed by atoms with van der Waals surface area (Å²) in [4.78, 5) is 18.1. The Labute approximate surface area is 185 Å². The van der Waals surface area contributed by atoms with Crippen LogP contribution in [0.15, 0.2) is 78.9 Å². The van der Waals surface area contributed by atoms with Crippen LogP contribution in [0.5, 0.6) is 0 Å². The largest absolute Gasteiger partial charge is 0.345 e. The molecule has 0 saturated heterocycles. The molecule has 4 aromatic rings. The van der Waals surface area contributed by atoms with Gasteiger partial charge in [-0.05, 0) is 36.2 Å². The number of pyridine rings is 1. The number of carbonyl (C=O) groups is 1. The van der Waals surface area contributed by atoms with Crippen molar-refractivity contribution in [3.8, 4) is 11.3 Å². The van der Waals surface area contributed by atoms with Gasteiger partial charge in [-0.1, -0.05) is 84.7 Å². The molecule has 1 atom stereocenters. The van der Waals surface area contributed by atoms with E-state index in [0.29, 0.717) is 15.6 Å². The maximum atomic E-state index is 13.3. The summed E-state index contributed by atoms with van der Waals surface area (Å²) in [6.45, 7) is 2.02. The van der Waals surface area contributed by atoms with Gasteiger partial charge in [0.05, 0.1) is 32.9 Å². The summed E-state index contributed by atoms with van der Waals surface area (Å²) in [5, 5.41) is 4.94. The third-order valence-electron chi connectivity index (χ3n) is 5.09. The fraction of sp³-hybridized carbons (Fsp3) is 0.120. The molecule has 3 nitrogen and oxygen atoms in total. The van der Waals surface area contributed by atoms with E-state index in [9.17, 15) is 4.79 Å². The zero-order valence-electron chi connectivity index (χ0n) is 16.4. The quantitative estimate of drug-likeness (QED) is 0.364. The monoisotopic (exact) mass is 434 g/mol. The second-order valence-corrected chi connectivity index (χ2v) is 7.86. The molecule has 1 N–H and O–H groups in total. The molecule has 150 valence electrons. The van der Waals surface area contributed by atoms with Gasteiger partial charge in [0.25, 0.3) is 5.91 Å². The van der Waals surface area contributed by atoms with Crippen LogP contribution in [-0.2, 0) is 0 Å². The topological polar surface area (TPSA) is 42.0 Å². The van der Waals surface area contributed by atoms with Gasteiger partial charge in [-0.2, -0.15) is 0 Å². The van der Waals surface area contributed by atoms with Gasteiger partial charge in [0.2, 0.25) is 0 Å². The molecule has 1 aromatic heterocycles. The van der Waals surface area contributed by atoms with Gasteiger partial charge in [0, 0.05) is 10.9 Å². The minimum atomic E-state index is -0.181. The summed E-state index contributed by atoms with van der Waals surface area (Å²) < 4.78 is 0. The van der Waals surface area contributed by atoms with Crippen LogP contribution in [0.2, 0.25) is 10.0 Å². The van der Waals surface area contributed by atoms with E-state index in [4.69, 9.17) is 28.2 Å². The Bertz CT molecular complexity index is 1210. The Balaban J connectivity index is 1.74. The van der Waals surface area contributed by atoms with Crippen LogP contribution in [0, 0.1) is 0 Å². The van der Waals surface area contributed by atoms with Crippen LogP contribution in [0.1, 0.15) is 35.3 Å². The van der Waals surface area contributed by atoms with Gasteiger partial charge in [-0.3, -0.25) is 4.79 Å². The first-order valence-corrected chi connectivity index (χ1v) is 10.5. The fourth-order valence-corrected chi connectivity index (χ4v) is 3.81. The Kier molecular flexibility index (Phi) is 6.03. The highest BCUT2D eigenvalue weighted by Gasteiger charge is 2.18. The Hall–Kier alpha value is -2.88. The number of nitrogens with one attached hydrogen (secondary N) is 1. The number of rotatable bonds is 5. The Morgan fingerprint density at radius 3 is 2.40 bits per heavy atom. The lowest BCUT2D eigenvalue weighted by Gasteiger charge is -2.19. The van der Waals surface area contributed by atoms with Crippen LogP contribution in [0.3, 0.4) is 0 Å². The van der Waals surface area contributed by atoms with Crippen LogP contribution < -0.4 is 5.32 Å². The number of halogens is 2. The molecule has 0 saturated carbocycles. The summed E-state index contributed by atoms with van der Waals surface area (Å²) in [5.41, 5.74) is 4.03. The summed E-state index contributed by atoms with van der Waals surface area (Å²) in [5.74, 6) is -0.149. The molecule has 0 aliphatic rings. The molecule has 1 amide bonds. The molecule has 0 radical (unpaired) electrons. The Morgan fingerprint density at radius 2 is 1.67 bits per heavy atom. The van der Waals surface area contributed by atoms with Gasteiger partial charge in [-0.15, -0.1) is 0 Å². The van der Waals surface area contributed by atoms with Crippen molar-refractivity contribution in [3.63, 3.8) is 0 Å². The van der Waals surface area contributed by atoms with Crippen LogP contribution in [0.4, 0.5) is 0 Å². The second kappa shape index (κ2) is 8.86. The van der Waals surface area contributed by atoms with E-state index < -0.39 is 0 Å². The third kappa shape index (κ3) is 4.18. The average Bonchev–Trinajstić information content (AvgIpc) is 2.79. The van der Waals surface area contributed by atoms with Crippen LogP contribution in [0.25, 0.3) is 22.2 Å². The minimum absolute atomic E-state index is 0.149. The number of amides is 1. The maximum absolute atomic E-state index is 13.3. The van der Waals surface area contributed by atoms with E-state index in [1.165, 1.54) is 0 Å². The van der Waals surface area contributed by atoms with E-state index >= 15 is 0 Å². The van der Waals surface area contributed by atoms with Crippen LogP contribution in [-0.4, -0.2) is 10.9 Å². The molecule has 0 fully saturated rings. The molecule has 0 bridgehead atoms. The molecular formula is C25H20Cl2N2O. The van der Waals surface area contributed by atoms with Gasteiger partial charge in [-0.25, -0.2) is 4.98 Å². The summed E-state index contributed by atoms with van der Waals surface area (Å²) in [7, 11) is 0. The highest BCUT2D eigenvalue weighted by atomic mass is 35.5. The lowest BCUT2D eigenvalue weighted by Crippen LogP contribution is -2.28. The normalized spacial score (nSPS) is 12.0. The van der Waals surface area contributed by atoms with Crippen molar-refractivity contribution in [2.45, 2.75) is 19.4 Å². The molecule has 1 heterocycles. The summed E-state index contributed by atoms with van der Waals surface area (Å²) in [6.07, 6.45) is 0.720. The summed E-state index contributed by atoms with van der Waals surface area (Å²) in [6, 6.07) is 24.7. The first kappa shape index (κ1) is 20.4. The molecule has 30 heavy (non-hydrogen) atoms. The zero-order valence-corrected chi connectivity index (χ0v) is 17.9. The SMILES string of the molecule is CCC(NC(=O)c1cc(-c2ccccc2)nc2ccccc12)c1ccc(Cl)c(Cl)c1. The van der Waals surface area contributed by atoms with Crippen molar-refractivity contribution >= 4 is 40.0 Å². The van der Waals surface area contributed by atoms with Crippen molar-refractivity contribution in [3.05, 3.63) is 100 Å². The van der Waals surface area contributed by atoms with Gasteiger partial charge in [0.15, 0.2) is 0 Å². The van der Waals surface area contributed by atoms with E-state index in [1.807, 2.05) is 73.7 Å². The molecule has 0 spiro atoms. The summed E-state index contributed by atoms with van der Waals surface area (Å²) >= 11 is 12.2. The molecule has 1 unspecified atom stereocenters. The van der Waals surface area contributed by atoms with E-state index in [2.05, 4.69) is 5.32 Å². The van der Waals surface area contributed by atoms with Crippen molar-refractivity contribution in [2.75, 3.05) is 0 Å². The van der Waals surface area contributed by atoms with Crippen molar-refractivity contribution in [1.29, 1.82) is 0 Å². The molecular weight excluding hydrogens is 415 g/mol. The number of nitrogens with zero attached hydrogens (tertiary/aromatic N) is 1. The van der Waals surface area contributed by atoms with Crippen molar-refractivity contribution in [2.24, 2.45) is 0 Å². The average molecular weight is 435 g/mol. The molecule has 0 aliphatic carbocycles. The van der Waals surface area contributed by atoms with Crippen LogP contribution >= 0.6 is 23.2 Å². The standard InChI is InChI=1S/C25H20Cl2N2O/c1-2-22(17-12-13-20(26)21(27)14-17)29-25(30)19-15-24(16-8-4-3-5-9-16)28-23-11-7-6-10-18(19)23/h3-15,22H,2H2,1H3,(H,29,30). The molecule has 5 heteroatoms. The minimum Gasteiger partial charge on any atom is -0.345 e. The Morgan fingerprint density at radius 1 is 0.933 bits per heavy atom. The predicted octanol–water partition coefficient (Wildman–Crippen LogP) is 7.09. The number of hydrogen-bond donors (Lipinski definition) is 1. The number of hydrogen-bond acceptors (Lipinski definition) is 2. The second-order valence-electron chi connectivity index (χ2n) is 7.05. The predicted molar refractivity (Wildman–Crippen MR) is 124 cm³/mol. The van der Waals surface area contributed by atoms with Crippen molar-refractivity contribution in [1.82, 2.24) is 10.3 Å². The highest BCUT2D eigenvalue weighted by molar-refractivity contribution is 6.42. The highest BCUT2D eigenvalue weighted by Crippen LogP contribution is 2.29. The molecule has 4 rings (SSSR count). The number of aromatic nitrogens is 1. The number of benzene rings is 3. The van der Waals surface area contributed by atoms with E-state index in [-0.39, 0.29) is 11.9 Å². The lowest BCUT2D eigenvalue weighted by atomic mass is 10.0. The first-order valence-electron chi connectivity index (χ1n) is 9.78. The molecule has 0 aliphatic heterocycles. The smallest absolute Gasteiger partial charge is 0.252 e. The fourth-order valence-electron chi connectivity index (χ4n) is 3.51. The zero-order chi connectivity index (χ0) is 21.1. The third-order valence-corrected chi connectivity index (χ3v) is 5.83. The van der Waals surface area contributed by atoms with Crippen molar-refractivity contribution < 1.29 is 4.79 Å².